The predicted molar refractivity (Wildman–Crippen MR) is 80.9 cm³/mol. The van der Waals surface area contributed by atoms with Gasteiger partial charge in [-0.25, -0.2) is 4.39 Å². The van der Waals surface area contributed by atoms with E-state index in [9.17, 15) is 9.50 Å². The predicted octanol–water partition coefficient (Wildman–Crippen LogP) is 4.45. The molecule has 2 nitrogen and oxygen atoms in total. The normalized spacial score (nSPS) is 13.8. The van der Waals surface area contributed by atoms with E-state index in [-0.39, 0.29) is 12.4 Å². The van der Waals surface area contributed by atoms with Crippen molar-refractivity contribution < 1.29 is 9.50 Å². The molecule has 0 aliphatic rings. The van der Waals surface area contributed by atoms with Crippen LogP contribution >= 0.6 is 23.2 Å². The molecule has 2 rings (SSSR count). The van der Waals surface area contributed by atoms with Crippen molar-refractivity contribution in [2.45, 2.75) is 12.5 Å². The first-order valence-corrected chi connectivity index (χ1v) is 6.81. The minimum atomic E-state index is -0.865. The van der Waals surface area contributed by atoms with Gasteiger partial charge < -0.3 is 10.4 Å². The smallest absolute Gasteiger partial charge is 0.125 e. The van der Waals surface area contributed by atoms with Gasteiger partial charge in [0.2, 0.25) is 0 Å². The van der Waals surface area contributed by atoms with Crippen molar-refractivity contribution in [3.05, 3.63) is 63.9 Å². The SMILES string of the molecule is CC(CO)(Nc1cccc(F)c1)c1cccc(Cl)c1Cl. The average Bonchev–Trinajstić information content (AvgIpc) is 2.41. The summed E-state index contributed by atoms with van der Waals surface area (Å²) in [6.07, 6.45) is 0. The highest BCUT2D eigenvalue weighted by atomic mass is 35.5. The minimum absolute atomic E-state index is 0.219. The zero-order valence-electron chi connectivity index (χ0n) is 10.8. The molecule has 1 atom stereocenters. The molecule has 0 heterocycles. The maximum atomic E-state index is 13.2. The molecular weight excluding hydrogens is 300 g/mol. The molecule has 0 bridgehead atoms. The second kappa shape index (κ2) is 6.00. The van der Waals surface area contributed by atoms with Gasteiger partial charge in [0.15, 0.2) is 0 Å². The van der Waals surface area contributed by atoms with E-state index in [0.29, 0.717) is 21.3 Å². The first kappa shape index (κ1) is 15.1. The lowest BCUT2D eigenvalue weighted by atomic mass is 9.92. The number of aliphatic hydroxyl groups is 1. The molecule has 0 aliphatic carbocycles. The van der Waals surface area contributed by atoms with Gasteiger partial charge in [-0.15, -0.1) is 0 Å². The largest absolute Gasteiger partial charge is 0.394 e. The molecule has 2 aromatic carbocycles. The highest BCUT2D eigenvalue weighted by Gasteiger charge is 2.28. The summed E-state index contributed by atoms with van der Waals surface area (Å²) in [5, 5.41) is 13.6. The Balaban J connectivity index is 2.41. The van der Waals surface area contributed by atoms with Gasteiger partial charge in [-0.2, -0.15) is 0 Å². The Hall–Kier alpha value is -1.29. The Labute approximate surface area is 127 Å². The van der Waals surface area contributed by atoms with E-state index in [1.807, 2.05) is 0 Å². The fraction of sp³-hybridized carbons (Fsp3) is 0.200. The van der Waals surface area contributed by atoms with E-state index in [4.69, 9.17) is 23.2 Å². The summed E-state index contributed by atoms with van der Waals surface area (Å²) in [7, 11) is 0. The lowest BCUT2D eigenvalue weighted by molar-refractivity contribution is 0.224. The Morgan fingerprint density at radius 1 is 1.20 bits per heavy atom. The van der Waals surface area contributed by atoms with Crippen molar-refractivity contribution >= 4 is 28.9 Å². The number of benzene rings is 2. The highest BCUT2D eigenvalue weighted by Crippen LogP contribution is 2.35. The van der Waals surface area contributed by atoms with Crippen LogP contribution in [0.15, 0.2) is 42.5 Å². The van der Waals surface area contributed by atoms with Crippen LogP contribution in [0.1, 0.15) is 12.5 Å². The van der Waals surface area contributed by atoms with Gasteiger partial charge in [-0.1, -0.05) is 41.4 Å². The third kappa shape index (κ3) is 3.06. The maximum absolute atomic E-state index is 13.2. The number of aliphatic hydroxyl groups excluding tert-OH is 1. The highest BCUT2D eigenvalue weighted by molar-refractivity contribution is 6.42. The van der Waals surface area contributed by atoms with Crippen LogP contribution in [0.2, 0.25) is 10.0 Å². The summed E-state index contributed by atoms with van der Waals surface area (Å²) >= 11 is 12.2. The van der Waals surface area contributed by atoms with Crippen molar-refractivity contribution in [2.24, 2.45) is 0 Å². The van der Waals surface area contributed by atoms with Crippen molar-refractivity contribution in [1.82, 2.24) is 0 Å². The Morgan fingerprint density at radius 3 is 2.55 bits per heavy atom. The van der Waals surface area contributed by atoms with Crippen molar-refractivity contribution in [1.29, 1.82) is 0 Å². The molecule has 2 N–H and O–H groups in total. The van der Waals surface area contributed by atoms with E-state index in [1.54, 1.807) is 37.3 Å². The third-order valence-electron chi connectivity index (χ3n) is 3.11. The number of rotatable bonds is 4. The summed E-state index contributed by atoms with van der Waals surface area (Å²) < 4.78 is 13.2. The van der Waals surface area contributed by atoms with Gasteiger partial charge in [0.1, 0.15) is 5.82 Å². The fourth-order valence-corrected chi connectivity index (χ4v) is 2.52. The van der Waals surface area contributed by atoms with E-state index in [1.165, 1.54) is 12.1 Å². The van der Waals surface area contributed by atoms with Gasteiger partial charge in [-0.3, -0.25) is 0 Å². The molecule has 106 valence electrons. The van der Waals surface area contributed by atoms with Gasteiger partial charge in [0.05, 0.1) is 22.2 Å². The summed E-state index contributed by atoms with van der Waals surface area (Å²) in [6.45, 7) is 1.55. The van der Waals surface area contributed by atoms with Crippen LogP contribution in [0, 0.1) is 5.82 Å². The second-order valence-electron chi connectivity index (χ2n) is 4.73. The van der Waals surface area contributed by atoms with Crippen molar-refractivity contribution in [3.8, 4) is 0 Å². The topological polar surface area (TPSA) is 32.3 Å². The lowest BCUT2D eigenvalue weighted by Crippen LogP contribution is -2.36. The molecule has 0 amide bonds. The van der Waals surface area contributed by atoms with E-state index in [0.717, 1.165) is 0 Å². The summed E-state index contributed by atoms with van der Waals surface area (Å²) in [5.41, 5.74) is 0.339. The Morgan fingerprint density at radius 2 is 1.90 bits per heavy atom. The Kier molecular flexibility index (Phi) is 4.53. The van der Waals surface area contributed by atoms with E-state index >= 15 is 0 Å². The second-order valence-corrected chi connectivity index (χ2v) is 5.51. The van der Waals surface area contributed by atoms with Gasteiger partial charge in [0, 0.05) is 5.69 Å². The molecule has 2 aromatic rings. The van der Waals surface area contributed by atoms with Crippen LogP contribution in [0.5, 0.6) is 0 Å². The van der Waals surface area contributed by atoms with Gasteiger partial charge in [-0.05, 0) is 36.8 Å². The number of anilines is 1. The van der Waals surface area contributed by atoms with Crippen LogP contribution in [0.3, 0.4) is 0 Å². The number of nitrogens with one attached hydrogen (secondary N) is 1. The zero-order valence-corrected chi connectivity index (χ0v) is 12.3. The van der Waals surface area contributed by atoms with Crippen LogP contribution in [-0.4, -0.2) is 11.7 Å². The minimum Gasteiger partial charge on any atom is -0.394 e. The van der Waals surface area contributed by atoms with Crippen LogP contribution < -0.4 is 5.32 Å². The van der Waals surface area contributed by atoms with Crippen LogP contribution in [0.4, 0.5) is 10.1 Å². The number of hydrogen-bond acceptors (Lipinski definition) is 2. The summed E-state index contributed by atoms with van der Waals surface area (Å²) in [6, 6.07) is 11.2. The molecule has 0 aliphatic heterocycles. The molecule has 5 heteroatoms. The standard InChI is InChI=1S/C15H14Cl2FNO/c1-15(9-20,12-6-3-7-13(16)14(12)17)19-11-5-2-4-10(18)8-11/h2-8,19-20H,9H2,1H3. The van der Waals surface area contributed by atoms with Crippen molar-refractivity contribution in [3.63, 3.8) is 0 Å². The first-order chi connectivity index (χ1) is 9.46. The zero-order chi connectivity index (χ0) is 14.8. The molecule has 0 fully saturated rings. The van der Waals surface area contributed by atoms with Crippen LogP contribution in [0.25, 0.3) is 0 Å². The molecule has 1 unspecified atom stereocenters. The monoisotopic (exact) mass is 313 g/mol. The van der Waals surface area contributed by atoms with Crippen LogP contribution in [-0.2, 0) is 5.54 Å². The molecule has 0 saturated carbocycles. The fourth-order valence-electron chi connectivity index (χ4n) is 2.01. The number of hydrogen-bond donors (Lipinski definition) is 2. The molecule has 0 saturated heterocycles. The summed E-state index contributed by atoms with van der Waals surface area (Å²) in [5.74, 6) is -0.354. The molecule has 20 heavy (non-hydrogen) atoms. The lowest BCUT2D eigenvalue weighted by Gasteiger charge is -2.31. The van der Waals surface area contributed by atoms with Gasteiger partial charge >= 0.3 is 0 Å². The molecular formula is C15H14Cl2FNO. The quantitative estimate of drug-likeness (QED) is 0.874. The summed E-state index contributed by atoms with van der Waals surface area (Å²) in [4.78, 5) is 0. The first-order valence-electron chi connectivity index (χ1n) is 6.05. The van der Waals surface area contributed by atoms with E-state index < -0.39 is 5.54 Å². The van der Waals surface area contributed by atoms with Crippen molar-refractivity contribution in [2.75, 3.05) is 11.9 Å². The van der Waals surface area contributed by atoms with Gasteiger partial charge in [0.25, 0.3) is 0 Å². The van der Waals surface area contributed by atoms with E-state index in [2.05, 4.69) is 5.32 Å². The molecule has 0 radical (unpaired) electrons. The number of halogens is 3. The maximum Gasteiger partial charge on any atom is 0.125 e. The Bertz CT molecular complexity index is 621. The average molecular weight is 314 g/mol. The third-order valence-corrected chi connectivity index (χ3v) is 3.93. The molecule has 0 spiro atoms. The molecule has 0 aromatic heterocycles.